The van der Waals surface area contributed by atoms with Crippen molar-refractivity contribution in [2.45, 2.75) is 20.4 Å². The molecule has 0 spiro atoms. The van der Waals surface area contributed by atoms with E-state index in [0.29, 0.717) is 0 Å². The largest absolute Gasteiger partial charge is 0.357 e. The number of aromatic nitrogens is 1. The number of anilines is 1. The molecule has 0 saturated carbocycles. The predicted octanol–water partition coefficient (Wildman–Crippen LogP) is 4.20. The second kappa shape index (κ2) is 4.63. The molecule has 0 unspecified atom stereocenters. The van der Waals surface area contributed by atoms with Gasteiger partial charge in [0.2, 0.25) is 0 Å². The van der Waals surface area contributed by atoms with E-state index in [1.165, 1.54) is 9.75 Å². The van der Waals surface area contributed by atoms with Gasteiger partial charge in [0.05, 0.1) is 12.2 Å². The van der Waals surface area contributed by atoms with Crippen molar-refractivity contribution in [1.29, 1.82) is 0 Å². The number of nitrogens with one attached hydrogen (secondary N) is 1. The molecule has 0 aliphatic carbocycles. The standard InChI is InChI=1S/C10H11BrN2S2/c1-6-7(2)15-10(13-6)12-4-9-3-8(11)5-14-9/h3,5H,4H2,1-2H3,(H,12,13). The predicted molar refractivity (Wildman–Crippen MR) is 70.9 cm³/mol. The maximum atomic E-state index is 4.43. The quantitative estimate of drug-likeness (QED) is 0.919. The Kier molecular flexibility index (Phi) is 3.43. The summed E-state index contributed by atoms with van der Waals surface area (Å²) in [4.78, 5) is 7.03. The van der Waals surface area contributed by atoms with Crippen molar-refractivity contribution in [2.24, 2.45) is 0 Å². The van der Waals surface area contributed by atoms with Gasteiger partial charge in [0, 0.05) is 19.6 Å². The minimum atomic E-state index is 0.850. The fourth-order valence-corrected chi connectivity index (χ4v) is 3.36. The van der Waals surface area contributed by atoms with Crippen molar-refractivity contribution in [3.05, 3.63) is 31.4 Å². The van der Waals surface area contributed by atoms with E-state index in [0.717, 1.165) is 21.8 Å². The van der Waals surface area contributed by atoms with Crippen LogP contribution in [0.15, 0.2) is 15.9 Å². The molecule has 0 radical (unpaired) electrons. The summed E-state index contributed by atoms with van der Waals surface area (Å²) in [5, 5.41) is 6.43. The van der Waals surface area contributed by atoms with Gasteiger partial charge in [0.25, 0.3) is 0 Å². The topological polar surface area (TPSA) is 24.9 Å². The highest BCUT2D eigenvalue weighted by Gasteiger charge is 2.03. The minimum Gasteiger partial charge on any atom is -0.357 e. The number of thiazole rings is 1. The van der Waals surface area contributed by atoms with Crippen molar-refractivity contribution >= 4 is 43.7 Å². The summed E-state index contributed by atoms with van der Waals surface area (Å²) in [6.07, 6.45) is 0. The number of rotatable bonds is 3. The van der Waals surface area contributed by atoms with Crippen LogP contribution < -0.4 is 5.32 Å². The normalized spacial score (nSPS) is 10.6. The van der Waals surface area contributed by atoms with Gasteiger partial charge in [-0.15, -0.1) is 22.7 Å². The van der Waals surface area contributed by atoms with E-state index in [2.05, 4.69) is 44.6 Å². The molecule has 2 nitrogen and oxygen atoms in total. The molecule has 0 amide bonds. The molecule has 0 saturated heterocycles. The Labute approximate surface area is 106 Å². The lowest BCUT2D eigenvalue weighted by atomic mass is 10.4. The summed E-state index contributed by atoms with van der Waals surface area (Å²) in [7, 11) is 0. The number of nitrogens with zero attached hydrogens (tertiary/aromatic N) is 1. The molecule has 2 aromatic heterocycles. The number of halogens is 1. The highest BCUT2D eigenvalue weighted by atomic mass is 79.9. The summed E-state index contributed by atoms with van der Waals surface area (Å²) in [6, 6.07) is 2.13. The maximum absolute atomic E-state index is 4.43. The zero-order valence-corrected chi connectivity index (χ0v) is 11.7. The minimum absolute atomic E-state index is 0.850. The zero-order chi connectivity index (χ0) is 10.8. The SMILES string of the molecule is Cc1nc(NCc2cc(Br)cs2)sc1C. The van der Waals surface area contributed by atoms with Crippen LogP contribution in [0.4, 0.5) is 5.13 Å². The molecular formula is C10H11BrN2S2. The number of hydrogen-bond donors (Lipinski definition) is 1. The smallest absolute Gasteiger partial charge is 0.183 e. The summed E-state index contributed by atoms with van der Waals surface area (Å²) >= 11 is 6.90. The first-order valence-corrected chi connectivity index (χ1v) is 7.05. The van der Waals surface area contributed by atoms with Crippen molar-refractivity contribution in [1.82, 2.24) is 4.98 Å². The van der Waals surface area contributed by atoms with Gasteiger partial charge in [-0.25, -0.2) is 4.98 Å². The van der Waals surface area contributed by atoms with E-state index in [1.54, 1.807) is 22.7 Å². The van der Waals surface area contributed by atoms with Gasteiger partial charge < -0.3 is 5.32 Å². The average molecular weight is 303 g/mol. The number of hydrogen-bond acceptors (Lipinski definition) is 4. The van der Waals surface area contributed by atoms with Gasteiger partial charge in [-0.1, -0.05) is 0 Å². The van der Waals surface area contributed by atoms with E-state index < -0.39 is 0 Å². The fourth-order valence-electron chi connectivity index (χ4n) is 1.16. The Balaban J connectivity index is 1.99. The van der Waals surface area contributed by atoms with E-state index in [-0.39, 0.29) is 0 Å². The van der Waals surface area contributed by atoms with Gasteiger partial charge in [-0.3, -0.25) is 0 Å². The second-order valence-corrected chi connectivity index (χ2v) is 6.36. The van der Waals surface area contributed by atoms with Gasteiger partial charge in [-0.2, -0.15) is 0 Å². The van der Waals surface area contributed by atoms with Crippen LogP contribution in [0.5, 0.6) is 0 Å². The monoisotopic (exact) mass is 302 g/mol. The summed E-state index contributed by atoms with van der Waals surface area (Å²) in [6.45, 7) is 4.99. The van der Waals surface area contributed by atoms with Crippen LogP contribution in [0.2, 0.25) is 0 Å². The molecule has 2 aromatic rings. The Morgan fingerprint density at radius 2 is 2.27 bits per heavy atom. The fraction of sp³-hybridized carbons (Fsp3) is 0.300. The Morgan fingerprint density at radius 3 is 2.80 bits per heavy atom. The Morgan fingerprint density at radius 1 is 1.47 bits per heavy atom. The molecule has 80 valence electrons. The van der Waals surface area contributed by atoms with Crippen LogP contribution in [-0.4, -0.2) is 4.98 Å². The van der Waals surface area contributed by atoms with Gasteiger partial charge in [-0.05, 0) is 35.8 Å². The van der Waals surface area contributed by atoms with Crippen molar-refractivity contribution in [3.63, 3.8) is 0 Å². The summed E-state index contributed by atoms with van der Waals surface area (Å²) in [5.74, 6) is 0. The first kappa shape index (κ1) is 11.1. The summed E-state index contributed by atoms with van der Waals surface area (Å²) < 4.78 is 1.15. The third-order valence-electron chi connectivity index (χ3n) is 2.06. The highest BCUT2D eigenvalue weighted by molar-refractivity contribution is 9.10. The molecule has 0 aliphatic rings. The van der Waals surface area contributed by atoms with Gasteiger partial charge >= 0.3 is 0 Å². The molecule has 0 aromatic carbocycles. The highest BCUT2D eigenvalue weighted by Crippen LogP contribution is 2.24. The summed E-state index contributed by atoms with van der Waals surface area (Å²) in [5.41, 5.74) is 1.12. The Hall–Kier alpha value is -0.390. The van der Waals surface area contributed by atoms with Crippen LogP contribution in [0.25, 0.3) is 0 Å². The lowest BCUT2D eigenvalue weighted by Gasteiger charge is -1.98. The van der Waals surface area contributed by atoms with E-state index in [1.807, 2.05) is 6.92 Å². The molecular weight excluding hydrogens is 292 g/mol. The van der Waals surface area contributed by atoms with Crippen molar-refractivity contribution in [2.75, 3.05) is 5.32 Å². The van der Waals surface area contributed by atoms with Crippen LogP contribution in [0.1, 0.15) is 15.4 Å². The van der Waals surface area contributed by atoms with E-state index in [4.69, 9.17) is 0 Å². The van der Waals surface area contributed by atoms with Crippen molar-refractivity contribution in [3.8, 4) is 0 Å². The van der Waals surface area contributed by atoms with E-state index >= 15 is 0 Å². The average Bonchev–Trinajstić information content (AvgIpc) is 2.72. The lowest BCUT2D eigenvalue weighted by molar-refractivity contribution is 1.14. The first-order chi connectivity index (χ1) is 7.15. The second-order valence-electron chi connectivity index (χ2n) is 3.25. The molecule has 0 aliphatic heterocycles. The van der Waals surface area contributed by atoms with Crippen LogP contribution in [0.3, 0.4) is 0 Å². The third kappa shape index (κ3) is 2.80. The Bertz CT molecular complexity index is 442. The number of aryl methyl sites for hydroxylation is 2. The molecule has 2 heterocycles. The van der Waals surface area contributed by atoms with E-state index in [9.17, 15) is 0 Å². The van der Waals surface area contributed by atoms with Gasteiger partial charge in [0.15, 0.2) is 5.13 Å². The van der Waals surface area contributed by atoms with Crippen LogP contribution in [-0.2, 0) is 6.54 Å². The van der Waals surface area contributed by atoms with Crippen molar-refractivity contribution < 1.29 is 0 Å². The molecule has 2 rings (SSSR count). The lowest BCUT2D eigenvalue weighted by Crippen LogP contribution is -1.96. The molecule has 1 N–H and O–H groups in total. The third-order valence-corrected chi connectivity index (χ3v) is 4.79. The van der Waals surface area contributed by atoms with Gasteiger partial charge in [0.1, 0.15) is 0 Å². The molecule has 15 heavy (non-hydrogen) atoms. The molecule has 0 atom stereocenters. The zero-order valence-electron chi connectivity index (χ0n) is 8.50. The molecule has 5 heteroatoms. The molecule has 0 bridgehead atoms. The first-order valence-electron chi connectivity index (χ1n) is 4.56. The number of thiophene rings is 1. The maximum Gasteiger partial charge on any atom is 0.183 e. The van der Waals surface area contributed by atoms with Crippen LogP contribution in [0, 0.1) is 13.8 Å². The van der Waals surface area contributed by atoms with Crippen LogP contribution >= 0.6 is 38.6 Å². The molecule has 0 fully saturated rings.